The van der Waals surface area contributed by atoms with E-state index in [2.05, 4.69) is 37.5 Å². The standard InChI is InChI=1S/C13H29N3/c1-5-12(3)15-7-9-16(10-8-15)13(4,6-2)11-14/h12H,5-11,14H2,1-4H3. The summed E-state index contributed by atoms with van der Waals surface area (Å²) in [7, 11) is 0. The second-order valence-corrected chi connectivity index (χ2v) is 5.33. The molecule has 16 heavy (non-hydrogen) atoms. The van der Waals surface area contributed by atoms with Gasteiger partial charge in [0.1, 0.15) is 0 Å². The van der Waals surface area contributed by atoms with E-state index in [1.165, 1.54) is 32.6 Å². The lowest BCUT2D eigenvalue weighted by Gasteiger charge is -2.46. The molecule has 1 saturated heterocycles. The monoisotopic (exact) mass is 227 g/mol. The quantitative estimate of drug-likeness (QED) is 0.773. The van der Waals surface area contributed by atoms with E-state index >= 15 is 0 Å². The Bertz CT molecular complexity index is 193. The number of rotatable bonds is 5. The summed E-state index contributed by atoms with van der Waals surface area (Å²) in [5.74, 6) is 0. The molecule has 3 nitrogen and oxygen atoms in total. The van der Waals surface area contributed by atoms with Gasteiger partial charge >= 0.3 is 0 Å². The highest BCUT2D eigenvalue weighted by molar-refractivity contribution is 4.89. The van der Waals surface area contributed by atoms with Crippen molar-refractivity contribution in [1.29, 1.82) is 0 Å². The molecule has 0 amide bonds. The summed E-state index contributed by atoms with van der Waals surface area (Å²) >= 11 is 0. The summed E-state index contributed by atoms with van der Waals surface area (Å²) < 4.78 is 0. The number of nitrogens with two attached hydrogens (primary N) is 1. The highest BCUT2D eigenvalue weighted by Gasteiger charge is 2.31. The number of hydrogen-bond donors (Lipinski definition) is 1. The third-order valence-corrected chi connectivity index (χ3v) is 4.49. The summed E-state index contributed by atoms with van der Waals surface area (Å²) in [5.41, 5.74) is 6.12. The average molecular weight is 227 g/mol. The number of piperazine rings is 1. The van der Waals surface area contributed by atoms with Crippen LogP contribution < -0.4 is 5.73 Å². The summed E-state index contributed by atoms with van der Waals surface area (Å²) in [6, 6.07) is 0.730. The zero-order chi connectivity index (χ0) is 12.2. The van der Waals surface area contributed by atoms with E-state index in [1.807, 2.05) is 0 Å². The fourth-order valence-corrected chi connectivity index (χ4v) is 2.46. The minimum absolute atomic E-state index is 0.210. The molecule has 96 valence electrons. The molecule has 0 aromatic carbocycles. The van der Waals surface area contributed by atoms with Crippen LogP contribution in [0.4, 0.5) is 0 Å². The minimum Gasteiger partial charge on any atom is -0.329 e. The van der Waals surface area contributed by atoms with Crippen molar-refractivity contribution in [3.63, 3.8) is 0 Å². The van der Waals surface area contributed by atoms with Crippen LogP contribution in [0.3, 0.4) is 0 Å². The van der Waals surface area contributed by atoms with Gasteiger partial charge in [0, 0.05) is 44.3 Å². The van der Waals surface area contributed by atoms with Crippen LogP contribution in [0.5, 0.6) is 0 Å². The van der Waals surface area contributed by atoms with Gasteiger partial charge in [0.25, 0.3) is 0 Å². The van der Waals surface area contributed by atoms with E-state index in [0.29, 0.717) is 0 Å². The molecule has 0 spiro atoms. The second kappa shape index (κ2) is 5.99. The Morgan fingerprint density at radius 2 is 1.75 bits per heavy atom. The van der Waals surface area contributed by atoms with Gasteiger partial charge in [-0.3, -0.25) is 9.80 Å². The molecule has 2 unspecified atom stereocenters. The Balaban J connectivity index is 2.48. The van der Waals surface area contributed by atoms with E-state index < -0.39 is 0 Å². The number of hydrogen-bond acceptors (Lipinski definition) is 3. The summed E-state index contributed by atoms with van der Waals surface area (Å²) in [5, 5.41) is 0. The first kappa shape index (κ1) is 13.9. The number of nitrogens with zero attached hydrogens (tertiary/aromatic N) is 2. The lowest BCUT2D eigenvalue weighted by atomic mass is 9.95. The van der Waals surface area contributed by atoms with Crippen molar-refractivity contribution in [3.8, 4) is 0 Å². The molecular formula is C13H29N3. The molecule has 2 atom stereocenters. The van der Waals surface area contributed by atoms with Gasteiger partial charge in [0.15, 0.2) is 0 Å². The Morgan fingerprint density at radius 1 is 1.19 bits per heavy atom. The highest BCUT2D eigenvalue weighted by Crippen LogP contribution is 2.20. The third-order valence-electron chi connectivity index (χ3n) is 4.49. The van der Waals surface area contributed by atoms with E-state index in [1.54, 1.807) is 0 Å². The van der Waals surface area contributed by atoms with Gasteiger partial charge in [-0.1, -0.05) is 13.8 Å². The van der Waals surface area contributed by atoms with Gasteiger partial charge in [0.2, 0.25) is 0 Å². The Hall–Kier alpha value is -0.120. The molecular weight excluding hydrogens is 198 g/mol. The molecule has 0 radical (unpaired) electrons. The summed E-state index contributed by atoms with van der Waals surface area (Å²) in [6.45, 7) is 14.7. The molecule has 0 aliphatic carbocycles. The molecule has 1 heterocycles. The van der Waals surface area contributed by atoms with Gasteiger partial charge in [-0.15, -0.1) is 0 Å². The second-order valence-electron chi connectivity index (χ2n) is 5.33. The van der Waals surface area contributed by atoms with Crippen molar-refractivity contribution in [2.75, 3.05) is 32.7 Å². The normalized spacial score (nSPS) is 25.3. The zero-order valence-electron chi connectivity index (χ0n) is 11.5. The van der Waals surface area contributed by atoms with Crippen molar-refractivity contribution >= 4 is 0 Å². The van der Waals surface area contributed by atoms with Gasteiger partial charge in [-0.25, -0.2) is 0 Å². The summed E-state index contributed by atoms with van der Waals surface area (Å²) in [6.07, 6.45) is 2.40. The minimum atomic E-state index is 0.210. The highest BCUT2D eigenvalue weighted by atomic mass is 15.3. The van der Waals surface area contributed by atoms with E-state index in [-0.39, 0.29) is 5.54 Å². The maximum Gasteiger partial charge on any atom is 0.0302 e. The van der Waals surface area contributed by atoms with Crippen LogP contribution in [0.2, 0.25) is 0 Å². The van der Waals surface area contributed by atoms with E-state index in [4.69, 9.17) is 5.73 Å². The first-order valence-electron chi connectivity index (χ1n) is 6.76. The Labute approximate surface area is 101 Å². The van der Waals surface area contributed by atoms with Crippen molar-refractivity contribution in [2.24, 2.45) is 5.73 Å². The molecule has 0 bridgehead atoms. The molecule has 1 aliphatic rings. The van der Waals surface area contributed by atoms with Crippen molar-refractivity contribution < 1.29 is 0 Å². The fraction of sp³-hybridized carbons (Fsp3) is 1.00. The maximum atomic E-state index is 5.91. The molecule has 1 aliphatic heterocycles. The molecule has 0 saturated carbocycles. The van der Waals surface area contributed by atoms with Crippen LogP contribution in [0.15, 0.2) is 0 Å². The predicted molar refractivity (Wildman–Crippen MR) is 70.6 cm³/mol. The van der Waals surface area contributed by atoms with Crippen molar-refractivity contribution in [3.05, 3.63) is 0 Å². The van der Waals surface area contributed by atoms with Crippen LogP contribution in [-0.4, -0.2) is 54.1 Å². The van der Waals surface area contributed by atoms with E-state index in [0.717, 1.165) is 19.0 Å². The third kappa shape index (κ3) is 2.96. The Morgan fingerprint density at radius 3 is 2.12 bits per heavy atom. The lowest BCUT2D eigenvalue weighted by Crippen LogP contribution is -2.59. The SMILES string of the molecule is CCC(C)N1CCN(C(C)(CC)CN)CC1. The maximum absolute atomic E-state index is 5.91. The first-order valence-corrected chi connectivity index (χ1v) is 6.76. The lowest BCUT2D eigenvalue weighted by molar-refractivity contribution is 0.0297. The van der Waals surface area contributed by atoms with Crippen LogP contribution in [-0.2, 0) is 0 Å². The first-order chi connectivity index (χ1) is 7.57. The Kier molecular flexibility index (Phi) is 5.22. The predicted octanol–water partition coefficient (Wildman–Crippen LogP) is 1.53. The van der Waals surface area contributed by atoms with Crippen LogP contribution in [0.1, 0.15) is 40.5 Å². The average Bonchev–Trinajstić information content (AvgIpc) is 2.37. The largest absolute Gasteiger partial charge is 0.329 e. The smallest absolute Gasteiger partial charge is 0.0302 e. The van der Waals surface area contributed by atoms with Crippen LogP contribution in [0.25, 0.3) is 0 Å². The molecule has 0 aromatic heterocycles. The van der Waals surface area contributed by atoms with Crippen LogP contribution in [0, 0.1) is 0 Å². The van der Waals surface area contributed by atoms with Gasteiger partial charge in [0.05, 0.1) is 0 Å². The van der Waals surface area contributed by atoms with Crippen molar-refractivity contribution in [1.82, 2.24) is 9.80 Å². The van der Waals surface area contributed by atoms with Gasteiger partial charge in [-0.2, -0.15) is 0 Å². The van der Waals surface area contributed by atoms with Gasteiger partial charge < -0.3 is 5.73 Å². The van der Waals surface area contributed by atoms with E-state index in [9.17, 15) is 0 Å². The molecule has 0 aromatic rings. The molecule has 3 heteroatoms. The fourth-order valence-electron chi connectivity index (χ4n) is 2.46. The van der Waals surface area contributed by atoms with Crippen LogP contribution >= 0.6 is 0 Å². The molecule has 1 rings (SSSR count). The zero-order valence-corrected chi connectivity index (χ0v) is 11.5. The summed E-state index contributed by atoms with van der Waals surface area (Å²) in [4.78, 5) is 5.18. The van der Waals surface area contributed by atoms with Crippen molar-refractivity contribution in [2.45, 2.75) is 52.1 Å². The topological polar surface area (TPSA) is 32.5 Å². The molecule has 2 N–H and O–H groups in total. The molecule has 1 fully saturated rings. The van der Waals surface area contributed by atoms with Gasteiger partial charge in [-0.05, 0) is 26.7 Å².